The molecule has 1 fully saturated rings. The summed E-state index contributed by atoms with van der Waals surface area (Å²) in [6, 6.07) is 5.33. The fourth-order valence-electron chi connectivity index (χ4n) is 6.56. The van der Waals surface area contributed by atoms with Crippen LogP contribution in [0.2, 0.25) is 0 Å². The van der Waals surface area contributed by atoms with Crippen LogP contribution in [-0.4, -0.2) is 137 Å². The van der Waals surface area contributed by atoms with Crippen LogP contribution in [-0.2, 0) is 51.2 Å². The molecule has 66 heavy (non-hydrogen) atoms. The number of nitrogens with one attached hydrogen (secondary N) is 7. The van der Waals surface area contributed by atoms with Crippen molar-refractivity contribution in [2.75, 3.05) is 32.0 Å². The van der Waals surface area contributed by atoms with E-state index in [-0.39, 0.29) is 37.2 Å². The van der Waals surface area contributed by atoms with Gasteiger partial charge in [-0.3, -0.25) is 38.4 Å². The number of aliphatic hydroxyl groups is 1. The number of aromatic hydroxyl groups is 1. The molecule has 0 bridgehead atoms. The Morgan fingerprint density at radius 3 is 1.89 bits per heavy atom. The number of benzene rings is 2. The number of primary amides is 1. The number of aliphatic hydroxyl groups excluding tert-OH is 1. The molecule has 3 rings (SSSR count). The van der Waals surface area contributed by atoms with Crippen molar-refractivity contribution in [2.24, 2.45) is 22.9 Å². The van der Waals surface area contributed by atoms with Crippen molar-refractivity contribution >= 4 is 68.8 Å². The maximum atomic E-state index is 14.3. The van der Waals surface area contributed by atoms with Crippen LogP contribution in [0.25, 0.3) is 0 Å². The van der Waals surface area contributed by atoms with Crippen molar-refractivity contribution < 1.29 is 48.6 Å². The third-order valence-corrected chi connectivity index (χ3v) is 13.9. The maximum absolute atomic E-state index is 14.3. The Morgan fingerprint density at radius 2 is 1.30 bits per heavy atom. The van der Waals surface area contributed by atoms with E-state index in [9.17, 15) is 48.6 Å². The number of phenols is 1. The van der Waals surface area contributed by atoms with Crippen molar-refractivity contribution in [3.05, 3.63) is 65.7 Å². The molecule has 0 radical (unpaired) electrons. The molecule has 17 N–H and O–H groups in total. The summed E-state index contributed by atoms with van der Waals surface area (Å²) in [4.78, 5) is 109. The molecule has 0 aliphatic carbocycles. The highest BCUT2D eigenvalue weighted by atomic mass is 33.1. The zero-order chi connectivity index (χ0) is 48.8. The largest absolute Gasteiger partial charge is 0.508 e. The zero-order valence-electron chi connectivity index (χ0n) is 37.2. The molecule has 0 unspecified atom stereocenters. The van der Waals surface area contributed by atoms with E-state index in [1.165, 1.54) is 12.1 Å². The van der Waals surface area contributed by atoms with Crippen molar-refractivity contribution in [2.45, 2.75) is 112 Å². The van der Waals surface area contributed by atoms with Gasteiger partial charge in [-0.2, -0.15) is 0 Å². The number of rotatable bonds is 18. The lowest BCUT2D eigenvalue weighted by Gasteiger charge is -2.31. The average Bonchev–Trinajstić information content (AvgIpc) is 3.28. The molecular formula is C43H65N11O10S2. The van der Waals surface area contributed by atoms with Crippen LogP contribution in [0, 0.1) is 0 Å². The van der Waals surface area contributed by atoms with E-state index in [0.717, 1.165) is 21.6 Å². The predicted octanol–water partition coefficient (Wildman–Crippen LogP) is -2.56. The van der Waals surface area contributed by atoms with Gasteiger partial charge >= 0.3 is 0 Å². The monoisotopic (exact) mass is 959 g/mol. The summed E-state index contributed by atoms with van der Waals surface area (Å²) in [5.41, 5.74) is 24.6. The van der Waals surface area contributed by atoms with Gasteiger partial charge in [0.15, 0.2) is 0 Å². The normalized spacial score (nSPS) is 22.2. The molecule has 2 aromatic rings. The number of unbranched alkanes of at least 4 members (excludes halogenated alkanes) is 2. The molecule has 2 aromatic carbocycles. The van der Waals surface area contributed by atoms with Gasteiger partial charge in [-0.15, -0.1) is 0 Å². The molecule has 7 atom stereocenters. The second-order valence-electron chi connectivity index (χ2n) is 16.3. The average molecular weight is 960 g/mol. The van der Waals surface area contributed by atoms with Gasteiger partial charge in [-0.25, -0.2) is 0 Å². The molecule has 0 saturated carbocycles. The summed E-state index contributed by atoms with van der Waals surface area (Å²) < 4.78 is -1.10. The second kappa shape index (κ2) is 27.9. The van der Waals surface area contributed by atoms with E-state index in [0.29, 0.717) is 49.9 Å². The van der Waals surface area contributed by atoms with Gasteiger partial charge in [0.2, 0.25) is 47.3 Å². The van der Waals surface area contributed by atoms with Gasteiger partial charge in [0.25, 0.3) is 0 Å². The molecule has 1 aliphatic rings. The van der Waals surface area contributed by atoms with E-state index >= 15 is 0 Å². The third kappa shape index (κ3) is 18.4. The number of carbonyl (C=O) groups excluding carboxylic acids is 8. The number of phenolic OH excluding ortho intramolecular Hbond substituents is 1. The van der Waals surface area contributed by atoms with Crippen LogP contribution in [0.5, 0.6) is 5.75 Å². The highest BCUT2D eigenvalue weighted by Gasteiger charge is 2.37. The van der Waals surface area contributed by atoms with Crippen molar-refractivity contribution in [3.8, 4) is 5.75 Å². The molecule has 1 saturated heterocycles. The Hall–Kier alpha value is -5.46. The third-order valence-electron chi connectivity index (χ3n) is 10.5. The van der Waals surface area contributed by atoms with Crippen LogP contribution in [0.3, 0.4) is 0 Å². The minimum atomic E-state index is -1.60. The van der Waals surface area contributed by atoms with Crippen LogP contribution >= 0.6 is 21.6 Å². The quantitative estimate of drug-likeness (QED) is 0.0540. The predicted molar refractivity (Wildman–Crippen MR) is 251 cm³/mol. The topological polar surface area (TPSA) is 365 Å². The second-order valence-corrected chi connectivity index (χ2v) is 19.3. The Balaban J connectivity index is 2.03. The molecule has 1 aliphatic heterocycles. The lowest BCUT2D eigenvalue weighted by Crippen LogP contribution is -2.61. The first kappa shape index (κ1) is 54.9. The molecule has 364 valence electrons. The molecule has 8 amide bonds. The number of hydrogen-bond donors (Lipinski definition) is 13. The van der Waals surface area contributed by atoms with Crippen LogP contribution in [0.4, 0.5) is 0 Å². The van der Waals surface area contributed by atoms with Crippen LogP contribution < -0.4 is 60.2 Å². The highest BCUT2D eigenvalue weighted by Crippen LogP contribution is 2.38. The lowest BCUT2D eigenvalue weighted by molar-refractivity contribution is -0.135. The first-order chi connectivity index (χ1) is 31.4. The zero-order valence-corrected chi connectivity index (χ0v) is 38.8. The Labute approximate surface area is 392 Å². The fourth-order valence-corrected chi connectivity index (χ4v) is 9.35. The van der Waals surface area contributed by atoms with Gasteiger partial charge in [0, 0.05) is 23.3 Å². The van der Waals surface area contributed by atoms with Crippen LogP contribution in [0.15, 0.2) is 54.6 Å². The summed E-state index contributed by atoms with van der Waals surface area (Å²) in [5, 5.41) is 38.0. The summed E-state index contributed by atoms with van der Waals surface area (Å²) >= 11 is 0. The molecule has 21 nitrogen and oxygen atoms in total. The highest BCUT2D eigenvalue weighted by molar-refractivity contribution is 8.77. The summed E-state index contributed by atoms with van der Waals surface area (Å²) in [6.45, 7) is 2.41. The minimum absolute atomic E-state index is 0.0255. The fraction of sp³-hybridized carbons (Fsp3) is 0.535. The van der Waals surface area contributed by atoms with Crippen molar-refractivity contribution in [1.82, 2.24) is 37.2 Å². The Morgan fingerprint density at radius 1 is 0.742 bits per heavy atom. The molecule has 1 heterocycles. The Bertz CT molecular complexity index is 1950. The SMILES string of the molecule is CC1(C)SSC[C@H](C(=O)N[C@@H](CCCCN)C(=O)N[C@@H](CCCCN)C(N)=O)NC(=O)[C@@H](Cc2ccccc2)NC(=O)[C@H](CO)NC(=O)CNC(=O)[C@H](Cc2ccc(O)cc2)NC(=O)[C@H]1N. The van der Waals surface area contributed by atoms with Gasteiger partial charge < -0.3 is 70.4 Å². The number of amides is 8. The van der Waals surface area contributed by atoms with Crippen molar-refractivity contribution in [3.63, 3.8) is 0 Å². The van der Waals surface area contributed by atoms with Gasteiger partial charge in [-0.1, -0.05) is 64.1 Å². The summed E-state index contributed by atoms with van der Waals surface area (Å²) in [6.07, 6.45) is 2.15. The van der Waals surface area contributed by atoms with E-state index in [2.05, 4.69) is 37.2 Å². The summed E-state index contributed by atoms with van der Waals surface area (Å²) in [7, 11) is 2.18. The summed E-state index contributed by atoms with van der Waals surface area (Å²) in [5.74, 6) is -6.69. The van der Waals surface area contributed by atoms with Gasteiger partial charge in [0.1, 0.15) is 42.0 Å². The lowest BCUT2D eigenvalue weighted by atomic mass is 10.0. The molecule has 0 spiro atoms. The molecule has 23 heteroatoms. The molecule has 0 aromatic heterocycles. The van der Waals surface area contributed by atoms with E-state index in [4.69, 9.17) is 22.9 Å². The first-order valence-corrected chi connectivity index (χ1v) is 24.0. The van der Waals surface area contributed by atoms with E-state index < -0.39 is 107 Å². The number of carbonyl (C=O) groups is 8. The number of nitrogens with two attached hydrogens (primary N) is 4. The van der Waals surface area contributed by atoms with Crippen molar-refractivity contribution in [1.29, 1.82) is 0 Å². The van der Waals surface area contributed by atoms with E-state index in [1.54, 1.807) is 56.3 Å². The van der Waals surface area contributed by atoms with E-state index in [1.807, 2.05) is 0 Å². The minimum Gasteiger partial charge on any atom is -0.508 e. The maximum Gasteiger partial charge on any atom is 0.245 e. The smallest absolute Gasteiger partial charge is 0.245 e. The van der Waals surface area contributed by atoms with Gasteiger partial charge in [-0.05, 0) is 88.7 Å². The van der Waals surface area contributed by atoms with Gasteiger partial charge in [0.05, 0.1) is 19.2 Å². The number of hydrogen-bond acceptors (Lipinski definition) is 15. The standard InChI is InChI=1S/C43H65N11O10S2/c1-43(2)35(46)42(64)53-30(21-26-14-16-27(56)17-15-26)37(59)48-22-34(57)49-32(23-55)40(62)52-31(20-25-10-4-3-5-11-25)39(61)54-33(24-65-66-43)41(63)51-29(13-7-9-19-45)38(60)50-28(36(47)58)12-6-8-18-44/h3-5,10-11,14-17,28-33,35,55-56H,6-9,12-13,18-24,44-46H2,1-2H3,(H2,47,58)(H,48,59)(H,49,57)(H,50,60)(H,51,63)(H,52,62)(H,53,64)(H,54,61)/t28-,29-,30-,31+,32-,33+,35+/m0/s1. The Kier molecular flexibility index (Phi) is 23.2. The molecular weight excluding hydrogens is 895 g/mol. The van der Waals surface area contributed by atoms with Crippen LogP contribution in [0.1, 0.15) is 63.5 Å². The first-order valence-electron chi connectivity index (χ1n) is 21.7.